The quantitative estimate of drug-likeness (QED) is 0.664. The third kappa shape index (κ3) is 3.07. The van der Waals surface area contributed by atoms with Gasteiger partial charge in [-0.1, -0.05) is 0 Å². The highest BCUT2D eigenvalue weighted by atomic mass is 16.2. The van der Waals surface area contributed by atoms with Crippen molar-refractivity contribution in [2.75, 3.05) is 19.0 Å². The Bertz CT molecular complexity index is 654. The molecule has 4 bridgehead atoms. The summed E-state index contributed by atoms with van der Waals surface area (Å²) < 4.78 is 0. The largest absolute Gasteiger partial charge is 0.378 e. The third-order valence-electron chi connectivity index (χ3n) is 6.78. The van der Waals surface area contributed by atoms with E-state index in [0.29, 0.717) is 5.56 Å². The van der Waals surface area contributed by atoms with Crippen molar-refractivity contribution in [3.8, 4) is 0 Å². The number of amides is 1. The van der Waals surface area contributed by atoms with E-state index in [1.807, 2.05) is 43.3 Å². The van der Waals surface area contributed by atoms with Crippen LogP contribution in [0.3, 0.4) is 0 Å². The molecule has 4 fully saturated rings. The molecule has 0 radical (unpaired) electrons. The molecule has 0 atom stereocenters. The summed E-state index contributed by atoms with van der Waals surface area (Å²) in [4.78, 5) is 14.5. The summed E-state index contributed by atoms with van der Waals surface area (Å²) in [6, 6.07) is 7.65. The van der Waals surface area contributed by atoms with E-state index in [9.17, 15) is 4.79 Å². The van der Waals surface area contributed by atoms with Gasteiger partial charge in [0.15, 0.2) is 0 Å². The lowest BCUT2D eigenvalue weighted by atomic mass is 9.48. The Morgan fingerprint density at radius 2 is 1.56 bits per heavy atom. The summed E-state index contributed by atoms with van der Waals surface area (Å²) in [7, 11) is 3.99. The lowest BCUT2D eigenvalue weighted by molar-refractivity contribution is -0.0128. The Kier molecular flexibility index (Phi) is 4.09. The molecule has 5 rings (SSSR count). The first-order chi connectivity index (χ1) is 11.9. The van der Waals surface area contributed by atoms with Gasteiger partial charge >= 0.3 is 0 Å². The standard InChI is InChI=1S/C21H29N3O/c1-14(21-11-15-8-16(12-21)10-17(9-15)13-21)22-23-20(25)18-4-6-19(7-5-18)24(2)3/h4-7,15-17H,8-13H2,1-3H3,(H,23,25). The number of rotatable bonds is 4. The van der Waals surface area contributed by atoms with Gasteiger partial charge in [-0.3, -0.25) is 4.79 Å². The van der Waals surface area contributed by atoms with E-state index < -0.39 is 0 Å². The topological polar surface area (TPSA) is 44.7 Å². The van der Waals surface area contributed by atoms with Gasteiger partial charge in [-0.15, -0.1) is 0 Å². The minimum atomic E-state index is -0.116. The molecule has 1 amide bonds. The van der Waals surface area contributed by atoms with Crippen LogP contribution in [0, 0.1) is 23.2 Å². The van der Waals surface area contributed by atoms with Gasteiger partial charge in [0.25, 0.3) is 5.91 Å². The minimum Gasteiger partial charge on any atom is -0.378 e. The van der Waals surface area contributed by atoms with Crippen molar-refractivity contribution in [3.63, 3.8) is 0 Å². The van der Waals surface area contributed by atoms with Crippen molar-refractivity contribution in [1.29, 1.82) is 0 Å². The van der Waals surface area contributed by atoms with Crippen LogP contribution in [0.1, 0.15) is 55.8 Å². The van der Waals surface area contributed by atoms with E-state index in [-0.39, 0.29) is 11.3 Å². The van der Waals surface area contributed by atoms with Crippen LogP contribution in [0.15, 0.2) is 29.4 Å². The van der Waals surface area contributed by atoms with Crippen molar-refractivity contribution in [1.82, 2.24) is 5.43 Å². The van der Waals surface area contributed by atoms with Crippen molar-refractivity contribution >= 4 is 17.3 Å². The van der Waals surface area contributed by atoms with E-state index in [1.165, 1.54) is 38.5 Å². The number of nitrogens with one attached hydrogen (secondary N) is 1. The predicted molar refractivity (Wildman–Crippen MR) is 102 cm³/mol. The first-order valence-electron chi connectivity index (χ1n) is 9.58. The molecule has 0 spiro atoms. The lowest BCUT2D eigenvalue weighted by Crippen LogP contribution is -2.49. The highest BCUT2D eigenvalue weighted by Crippen LogP contribution is 2.60. The molecule has 0 saturated heterocycles. The summed E-state index contributed by atoms with van der Waals surface area (Å²) in [5, 5.41) is 4.55. The van der Waals surface area contributed by atoms with Gasteiger partial charge in [-0.25, -0.2) is 5.43 Å². The van der Waals surface area contributed by atoms with Gasteiger partial charge in [0.05, 0.1) is 0 Å². The van der Waals surface area contributed by atoms with Gasteiger partial charge in [-0.05, 0) is 87.5 Å². The van der Waals surface area contributed by atoms with Crippen LogP contribution in [0.25, 0.3) is 0 Å². The maximum Gasteiger partial charge on any atom is 0.271 e. The molecular formula is C21H29N3O. The molecule has 4 nitrogen and oxygen atoms in total. The number of hydrogen-bond acceptors (Lipinski definition) is 3. The Labute approximate surface area is 150 Å². The van der Waals surface area contributed by atoms with Crippen molar-refractivity contribution in [3.05, 3.63) is 29.8 Å². The molecule has 0 aliphatic heterocycles. The average molecular weight is 339 g/mol. The van der Waals surface area contributed by atoms with Crippen LogP contribution < -0.4 is 10.3 Å². The minimum absolute atomic E-state index is 0.116. The first-order valence-corrected chi connectivity index (χ1v) is 9.58. The molecular weight excluding hydrogens is 310 g/mol. The molecule has 25 heavy (non-hydrogen) atoms. The van der Waals surface area contributed by atoms with E-state index in [0.717, 1.165) is 29.2 Å². The summed E-state index contributed by atoms with van der Waals surface area (Å²) in [5.41, 5.74) is 5.96. The summed E-state index contributed by atoms with van der Waals surface area (Å²) in [6.45, 7) is 2.13. The average Bonchev–Trinajstić information content (AvgIpc) is 2.58. The second-order valence-corrected chi connectivity index (χ2v) is 8.78. The van der Waals surface area contributed by atoms with Crippen LogP contribution in [-0.4, -0.2) is 25.7 Å². The Balaban J connectivity index is 1.45. The smallest absolute Gasteiger partial charge is 0.271 e. The van der Waals surface area contributed by atoms with Crippen LogP contribution >= 0.6 is 0 Å². The molecule has 0 heterocycles. The second-order valence-electron chi connectivity index (χ2n) is 8.78. The zero-order chi connectivity index (χ0) is 17.6. The van der Waals surface area contributed by atoms with Gasteiger partial charge in [0.2, 0.25) is 0 Å². The molecule has 1 N–H and O–H groups in total. The predicted octanol–water partition coefficient (Wildman–Crippen LogP) is 4.07. The summed E-state index contributed by atoms with van der Waals surface area (Å²) in [6.07, 6.45) is 8.12. The summed E-state index contributed by atoms with van der Waals surface area (Å²) in [5.74, 6) is 2.57. The number of nitrogens with zero attached hydrogens (tertiary/aromatic N) is 2. The zero-order valence-electron chi connectivity index (χ0n) is 15.6. The molecule has 1 aromatic carbocycles. The Morgan fingerprint density at radius 3 is 2.04 bits per heavy atom. The second kappa shape index (κ2) is 6.15. The molecule has 134 valence electrons. The number of carbonyl (C=O) groups excluding carboxylic acids is 1. The zero-order valence-corrected chi connectivity index (χ0v) is 15.6. The third-order valence-corrected chi connectivity index (χ3v) is 6.78. The molecule has 4 heteroatoms. The molecule has 4 saturated carbocycles. The number of hydrogen-bond donors (Lipinski definition) is 1. The maximum atomic E-state index is 12.4. The molecule has 0 aromatic heterocycles. The van der Waals surface area contributed by atoms with Crippen LogP contribution in [0.2, 0.25) is 0 Å². The lowest BCUT2D eigenvalue weighted by Gasteiger charge is -2.56. The number of hydrazone groups is 1. The Morgan fingerprint density at radius 1 is 1.04 bits per heavy atom. The highest BCUT2D eigenvalue weighted by molar-refractivity contribution is 5.96. The fourth-order valence-corrected chi connectivity index (χ4v) is 5.78. The number of anilines is 1. The van der Waals surface area contributed by atoms with Crippen LogP contribution in [-0.2, 0) is 0 Å². The SMILES string of the molecule is CC(=NNC(=O)c1ccc(N(C)C)cc1)C12CC3CC(CC(C3)C1)C2. The van der Waals surface area contributed by atoms with Gasteiger partial charge in [-0.2, -0.15) is 5.10 Å². The van der Waals surface area contributed by atoms with Crippen molar-refractivity contribution in [2.24, 2.45) is 28.3 Å². The van der Waals surface area contributed by atoms with Gasteiger partial charge in [0.1, 0.15) is 0 Å². The van der Waals surface area contributed by atoms with Crippen molar-refractivity contribution < 1.29 is 4.79 Å². The van der Waals surface area contributed by atoms with Crippen LogP contribution in [0.5, 0.6) is 0 Å². The fourth-order valence-electron chi connectivity index (χ4n) is 5.78. The van der Waals surface area contributed by atoms with E-state index in [2.05, 4.69) is 17.5 Å². The molecule has 4 aliphatic carbocycles. The molecule has 0 unspecified atom stereocenters. The number of benzene rings is 1. The van der Waals surface area contributed by atoms with Crippen molar-refractivity contribution in [2.45, 2.75) is 45.4 Å². The maximum absolute atomic E-state index is 12.4. The monoisotopic (exact) mass is 339 g/mol. The number of carbonyl (C=O) groups is 1. The molecule has 4 aliphatic rings. The normalized spacial score (nSPS) is 33.4. The highest BCUT2D eigenvalue weighted by Gasteiger charge is 2.52. The van der Waals surface area contributed by atoms with Gasteiger partial charge in [0, 0.05) is 36.5 Å². The Hall–Kier alpha value is -1.84. The van der Waals surface area contributed by atoms with E-state index >= 15 is 0 Å². The van der Waals surface area contributed by atoms with Crippen LogP contribution in [0.4, 0.5) is 5.69 Å². The van der Waals surface area contributed by atoms with E-state index in [1.54, 1.807) is 0 Å². The first kappa shape index (κ1) is 16.6. The fraction of sp³-hybridized carbons (Fsp3) is 0.619. The molecule has 1 aromatic rings. The van der Waals surface area contributed by atoms with E-state index in [4.69, 9.17) is 0 Å². The van der Waals surface area contributed by atoms with Gasteiger partial charge < -0.3 is 4.90 Å². The summed E-state index contributed by atoms with van der Waals surface area (Å²) >= 11 is 0.